The highest BCUT2D eigenvalue weighted by Gasteiger charge is 2.27. The van der Waals surface area contributed by atoms with Crippen molar-refractivity contribution in [1.82, 2.24) is 9.80 Å². The lowest BCUT2D eigenvalue weighted by molar-refractivity contribution is 0.0514. The van der Waals surface area contributed by atoms with Crippen molar-refractivity contribution < 1.29 is 9.47 Å². The summed E-state index contributed by atoms with van der Waals surface area (Å²) in [5, 5.41) is 0. The molecular weight excluding hydrogens is 419 g/mol. The molecule has 6 heteroatoms. The summed E-state index contributed by atoms with van der Waals surface area (Å²) < 4.78 is 12.5. The molecule has 2 aromatic carbocycles. The lowest BCUT2D eigenvalue weighted by atomic mass is 10.0. The van der Waals surface area contributed by atoms with Gasteiger partial charge < -0.3 is 9.47 Å². The average molecular weight is 451 g/mol. The molecule has 0 radical (unpaired) electrons. The maximum atomic E-state index is 6.24. The van der Waals surface area contributed by atoms with E-state index in [0.29, 0.717) is 12.2 Å². The number of benzene rings is 2. The molecule has 1 fully saturated rings. The highest BCUT2D eigenvalue weighted by Crippen LogP contribution is 2.29. The number of piperazine rings is 1. The van der Waals surface area contributed by atoms with Crippen molar-refractivity contribution in [2.24, 2.45) is 0 Å². The summed E-state index contributed by atoms with van der Waals surface area (Å²) in [6.07, 6.45) is 5.21. The second-order valence-electron chi connectivity index (χ2n) is 8.37. The zero-order chi connectivity index (χ0) is 18.8. The number of hydrogen-bond donors (Lipinski definition) is 0. The first-order chi connectivity index (χ1) is 13.8. The van der Waals surface area contributed by atoms with Gasteiger partial charge in [0.1, 0.15) is 23.7 Å². The fraction of sp³-hybridized carbons (Fsp3) is 0.500. The first-order valence-corrected chi connectivity index (χ1v) is 10.8. The lowest BCUT2D eigenvalue weighted by Crippen LogP contribution is -2.51. The highest BCUT2D eigenvalue weighted by molar-refractivity contribution is 5.85. The molecule has 5 rings (SSSR count). The molecule has 164 valence electrons. The minimum absolute atomic E-state index is 0. The van der Waals surface area contributed by atoms with Gasteiger partial charge in [-0.25, -0.2) is 0 Å². The van der Waals surface area contributed by atoms with Gasteiger partial charge in [0.25, 0.3) is 0 Å². The second-order valence-corrected chi connectivity index (χ2v) is 8.37. The third-order valence-electron chi connectivity index (χ3n) is 6.39. The number of halogens is 2. The minimum Gasteiger partial charge on any atom is -0.489 e. The van der Waals surface area contributed by atoms with E-state index >= 15 is 0 Å². The van der Waals surface area contributed by atoms with Crippen LogP contribution in [0.15, 0.2) is 48.5 Å². The number of hydrogen-bond acceptors (Lipinski definition) is 4. The van der Waals surface area contributed by atoms with E-state index in [2.05, 4.69) is 58.3 Å². The standard InChI is InChI=1S/C24H30N2O2.2ClH/c1-3-7-23-19(5-1)9-11-21(27-23)17-25-13-15-26(16-14-25)18-22-12-10-20-6-2-4-8-24(20)28-22;;/h1-8,21-22H,9-18H2;2*1H. The highest BCUT2D eigenvalue weighted by atomic mass is 35.5. The second kappa shape index (κ2) is 10.7. The Hall–Kier alpha value is -1.46. The van der Waals surface area contributed by atoms with Crippen LogP contribution in [-0.4, -0.2) is 61.3 Å². The van der Waals surface area contributed by atoms with Crippen molar-refractivity contribution in [2.75, 3.05) is 39.3 Å². The summed E-state index contributed by atoms with van der Waals surface area (Å²) in [7, 11) is 0. The minimum atomic E-state index is 0. The van der Waals surface area contributed by atoms with E-state index in [-0.39, 0.29) is 24.8 Å². The van der Waals surface area contributed by atoms with Gasteiger partial charge in [-0.3, -0.25) is 9.80 Å². The van der Waals surface area contributed by atoms with Gasteiger partial charge in [0.15, 0.2) is 0 Å². The van der Waals surface area contributed by atoms with Gasteiger partial charge in [0, 0.05) is 39.3 Å². The van der Waals surface area contributed by atoms with E-state index in [1.54, 1.807) is 0 Å². The first-order valence-electron chi connectivity index (χ1n) is 10.8. The molecule has 4 nitrogen and oxygen atoms in total. The Morgan fingerprint density at radius 3 is 1.47 bits per heavy atom. The molecular formula is C24H32Cl2N2O2. The summed E-state index contributed by atoms with van der Waals surface area (Å²) in [6.45, 7) is 6.62. The normalized spacial score (nSPS) is 23.6. The van der Waals surface area contributed by atoms with E-state index in [0.717, 1.165) is 76.5 Å². The number of aryl methyl sites for hydroxylation is 2. The number of nitrogens with zero attached hydrogens (tertiary/aromatic N) is 2. The van der Waals surface area contributed by atoms with Crippen LogP contribution < -0.4 is 9.47 Å². The molecule has 3 aliphatic rings. The lowest BCUT2D eigenvalue weighted by Gasteiger charge is -2.39. The summed E-state index contributed by atoms with van der Waals surface area (Å²) >= 11 is 0. The molecule has 0 N–H and O–H groups in total. The predicted molar refractivity (Wildman–Crippen MR) is 126 cm³/mol. The van der Waals surface area contributed by atoms with Crippen molar-refractivity contribution in [3.8, 4) is 11.5 Å². The Morgan fingerprint density at radius 2 is 1.03 bits per heavy atom. The zero-order valence-corrected chi connectivity index (χ0v) is 19.0. The van der Waals surface area contributed by atoms with Crippen molar-refractivity contribution >= 4 is 24.8 Å². The Morgan fingerprint density at radius 1 is 0.633 bits per heavy atom. The topological polar surface area (TPSA) is 24.9 Å². The van der Waals surface area contributed by atoms with Crippen LogP contribution in [0.25, 0.3) is 0 Å². The van der Waals surface area contributed by atoms with Crippen molar-refractivity contribution in [3.63, 3.8) is 0 Å². The monoisotopic (exact) mass is 450 g/mol. The third kappa shape index (κ3) is 5.42. The molecule has 0 spiro atoms. The van der Waals surface area contributed by atoms with E-state index in [1.807, 2.05) is 0 Å². The van der Waals surface area contributed by atoms with Gasteiger partial charge in [0.2, 0.25) is 0 Å². The molecule has 0 aromatic heterocycles. The first kappa shape index (κ1) is 23.2. The van der Waals surface area contributed by atoms with Gasteiger partial charge in [-0.1, -0.05) is 36.4 Å². The summed E-state index contributed by atoms with van der Waals surface area (Å²) in [5.74, 6) is 2.18. The summed E-state index contributed by atoms with van der Waals surface area (Å²) in [5.41, 5.74) is 2.72. The van der Waals surface area contributed by atoms with E-state index in [1.165, 1.54) is 11.1 Å². The number of ether oxygens (including phenoxy) is 2. The smallest absolute Gasteiger partial charge is 0.122 e. The van der Waals surface area contributed by atoms with Gasteiger partial charge in [0.05, 0.1) is 0 Å². The molecule has 2 unspecified atom stereocenters. The Labute approximate surface area is 192 Å². The van der Waals surface area contributed by atoms with Crippen LogP contribution in [0.4, 0.5) is 0 Å². The zero-order valence-electron chi connectivity index (χ0n) is 17.4. The summed E-state index contributed by atoms with van der Waals surface area (Å²) in [6, 6.07) is 17.0. The van der Waals surface area contributed by atoms with Crippen LogP contribution in [-0.2, 0) is 12.8 Å². The number of fused-ring (bicyclic) bond motifs is 2. The average Bonchev–Trinajstić information content (AvgIpc) is 2.75. The number of para-hydroxylation sites is 2. The van der Waals surface area contributed by atoms with Crippen LogP contribution in [0.5, 0.6) is 11.5 Å². The largest absolute Gasteiger partial charge is 0.489 e. The molecule has 3 aliphatic heterocycles. The van der Waals surface area contributed by atoms with Gasteiger partial charge in [-0.2, -0.15) is 0 Å². The van der Waals surface area contributed by atoms with Crippen LogP contribution in [0.1, 0.15) is 24.0 Å². The Kier molecular flexibility index (Phi) is 8.29. The molecule has 2 aromatic rings. The Balaban J connectivity index is 0.00000128. The van der Waals surface area contributed by atoms with E-state index < -0.39 is 0 Å². The fourth-order valence-electron chi connectivity index (χ4n) is 4.75. The molecule has 0 amide bonds. The van der Waals surface area contributed by atoms with E-state index in [9.17, 15) is 0 Å². The maximum absolute atomic E-state index is 6.24. The van der Waals surface area contributed by atoms with Crippen LogP contribution in [0, 0.1) is 0 Å². The van der Waals surface area contributed by atoms with Crippen molar-refractivity contribution in [3.05, 3.63) is 59.7 Å². The van der Waals surface area contributed by atoms with Gasteiger partial charge in [-0.05, 0) is 48.9 Å². The molecule has 2 atom stereocenters. The fourth-order valence-corrected chi connectivity index (χ4v) is 4.75. The molecule has 3 heterocycles. The SMILES string of the molecule is Cl.Cl.c1ccc2c(c1)CCC(CN1CCN(CC3CCc4ccccc4O3)CC1)O2. The molecule has 0 saturated carbocycles. The maximum Gasteiger partial charge on any atom is 0.122 e. The molecule has 0 bridgehead atoms. The third-order valence-corrected chi connectivity index (χ3v) is 6.39. The molecule has 30 heavy (non-hydrogen) atoms. The quantitative estimate of drug-likeness (QED) is 0.695. The van der Waals surface area contributed by atoms with Gasteiger partial charge >= 0.3 is 0 Å². The predicted octanol–water partition coefficient (Wildman–Crippen LogP) is 4.24. The van der Waals surface area contributed by atoms with Gasteiger partial charge in [-0.15, -0.1) is 24.8 Å². The van der Waals surface area contributed by atoms with Crippen LogP contribution in [0.3, 0.4) is 0 Å². The van der Waals surface area contributed by atoms with Crippen LogP contribution in [0.2, 0.25) is 0 Å². The number of rotatable bonds is 4. The van der Waals surface area contributed by atoms with Crippen molar-refractivity contribution in [1.29, 1.82) is 0 Å². The summed E-state index contributed by atoms with van der Waals surface area (Å²) in [4.78, 5) is 5.15. The molecule has 1 saturated heterocycles. The van der Waals surface area contributed by atoms with Crippen LogP contribution >= 0.6 is 24.8 Å². The van der Waals surface area contributed by atoms with Crippen molar-refractivity contribution in [2.45, 2.75) is 37.9 Å². The molecule has 0 aliphatic carbocycles. The Bertz CT molecular complexity index is 744. The van der Waals surface area contributed by atoms with E-state index in [4.69, 9.17) is 9.47 Å².